The van der Waals surface area contributed by atoms with Crippen molar-refractivity contribution in [2.24, 2.45) is 4.99 Å². The van der Waals surface area contributed by atoms with Crippen molar-refractivity contribution in [2.75, 3.05) is 7.05 Å². The first-order chi connectivity index (χ1) is 11.2. The lowest BCUT2D eigenvalue weighted by Gasteiger charge is -2.28. The van der Waals surface area contributed by atoms with Gasteiger partial charge in [-0.2, -0.15) is 0 Å². The molecule has 0 unspecified atom stereocenters. The van der Waals surface area contributed by atoms with Crippen molar-refractivity contribution < 1.29 is 0 Å². The Balaban J connectivity index is 6.21. The summed E-state index contributed by atoms with van der Waals surface area (Å²) in [6.07, 6.45) is 22.3. The van der Waals surface area contributed by atoms with E-state index in [-0.39, 0.29) is 0 Å². The van der Waals surface area contributed by atoms with Gasteiger partial charge >= 0.3 is 0 Å². The highest BCUT2D eigenvalue weighted by Gasteiger charge is 2.12. The Kier molecular flexibility index (Phi) is 11.2. The summed E-state index contributed by atoms with van der Waals surface area (Å²) in [7, 11) is 1.74. The molecule has 0 atom stereocenters. The highest BCUT2D eigenvalue weighted by atomic mass is 15.2. The van der Waals surface area contributed by atoms with Gasteiger partial charge in [-0.15, -0.1) is 0 Å². The second-order valence-corrected chi connectivity index (χ2v) is 4.27. The van der Waals surface area contributed by atoms with Gasteiger partial charge in [0.15, 0.2) is 0 Å². The summed E-state index contributed by atoms with van der Waals surface area (Å²) in [6.45, 7) is 17.2. The second-order valence-electron chi connectivity index (χ2n) is 4.27. The molecule has 0 heterocycles. The maximum atomic E-state index is 3.97. The highest BCUT2D eigenvalue weighted by Crippen LogP contribution is 2.23. The maximum absolute atomic E-state index is 3.97. The van der Waals surface area contributed by atoms with Crippen molar-refractivity contribution in [1.29, 1.82) is 0 Å². The molecular formula is C21H26N2. The highest BCUT2D eigenvalue weighted by molar-refractivity contribution is 5.71. The topological polar surface area (TPSA) is 15.6 Å². The largest absolute Gasteiger partial charge is 0.311 e. The molecule has 0 bridgehead atoms. The van der Waals surface area contributed by atoms with Gasteiger partial charge < -0.3 is 4.90 Å². The van der Waals surface area contributed by atoms with E-state index in [1.54, 1.807) is 37.6 Å². The van der Waals surface area contributed by atoms with Gasteiger partial charge in [-0.05, 0) is 43.4 Å². The maximum Gasteiger partial charge on any atom is 0.0461 e. The molecule has 23 heavy (non-hydrogen) atoms. The minimum absolute atomic E-state index is 0.896. The zero-order chi connectivity index (χ0) is 17.5. The SMILES string of the molecule is C=C/C=C\C(=C/C=C)N(/C(C=C)=C/C=C)C(/C=C\C=NC)=C/C. The number of allylic oxidation sites excluding steroid dienone is 11. The molecule has 0 aromatic carbocycles. The predicted molar refractivity (Wildman–Crippen MR) is 105 cm³/mol. The Morgan fingerprint density at radius 3 is 1.91 bits per heavy atom. The van der Waals surface area contributed by atoms with Gasteiger partial charge in [0.1, 0.15) is 0 Å². The molecule has 2 heteroatoms. The van der Waals surface area contributed by atoms with Crippen molar-refractivity contribution >= 4 is 6.21 Å². The van der Waals surface area contributed by atoms with Gasteiger partial charge in [0.25, 0.3) is 0 Å². The van der Waals surface area contributed by atoms with Crippen LogP contribution in [0.25, 0.3) is 0 Å². The van der Waals surface area contributed by atoms with Gasteiger partial charge in [0.05, 0.1) is 0 Å². The normalized spacial score (nSPS) is 13.7. The number of hydrogen-bond donors (Lipinski definition) is 0. The van der Waals surface area contributed by atoms with Crippen LogP contribution in [0.1, 0.15) is 6.92 Å². The molecule has 0 amide bonds. The molecule has 0 aromatic heterocycles. The summed E-state index contributed by atoms with van der Waals surface area (Å²) < 4.78 is 0. The van der Waals surface area contributed by atoms with E-state index in [9.17, 15) is 0 Å². The number of hydrogen-bond acceptors (Lipinski definition) is 2. The fourth-order valence-corrected chi connectivity index (χ4v) is 1.82. The monoisotopic (exact) mass is 306 g/mol. The number of nitrogens with zero attached hydrogens (tertiary/aromatic N) is 2. The molecule has 0 radical (unpaired) electrons. The Morgan fingerprint density at radius 1 is 0.826 bits per heavy atom. The summed E-state index contributed by atoms with van der Waals surface area (Å²) in [5.74, 6) is 0. The third-order valence-corrected chi connectivity index (χ3v) is 2.76. The smallest absolute Gasteiger partial charge is 0.0461 e. The zero-order valence-corrected chi connectivity index (χ0v) is 14.2. The minimum Gasteiger partial charge on any atom is -0.311 e. The Labute approximate surface area is 140 Å². The van der Waals surface area contributed by atoms with Crippen LogP contribution in [0.3, 0.4) is 0 Å². The van der Waals surface area contributed by atoms with Gasteiger partial charge in [-0.3, -0.25) is 4.99 Å². The van der Waals surface area contributed by atoms with E-state index >= 15 is 0 Å². The molecule has 0 aromatic rings. The summed E-state index contributed by atoms with van der Waals surface area (Å²) in [5.41, 5.74) is 2.80. The Hall–Kier alpha value is -2.87. The van der Waals surface area contributed by atoms with E-state index in [0.29, 0.717) is 0 Å². The molecule has 2 nitrogen and oxygen atoms in total. The van der Waals surface area contributed by atoms with Crippen LogP contribution < -0.4 is 0 Å². The van der Waals surface area contributed by atoms with E-state index in [1.807, 2.05) is 49.5 Å². The fourth-order valence-electron chi connectivity index (χ4n) is 1.82. The van der Waals surface area contributed by atoms with E-state index in [0.717, 1.165) is 17.1 Å². The Morgan fingerprint density at radius 2 is 1.43 bits per heavy atom. The summed E-state index contributed by atoms with van der Waals surface area (Å²) in [6, 6.07) is 0. The van der Waals surface area contributed by atoms with Crippen molar-refractivity contribution in [2.45, 2.75) is 6.92 Å². The molecule has 120 valence electrons. The second kappa shape index (κ2) is 12.8. The van der Waals surface area contributed by atoms with Gasteiger partial charge in [0, 0.05) is 30.4 Å². The summed E-state index contributed by atoms with van der Waals surface area (Å²) >= 11 is 0. The average molecular weight is 306 g/mol. The molecule has 0 spiro atoms. The minimum atomic E-state index is 0.896. The van der Waals surface area contributed by atoms with Crippen molar-refractivity contribution in [3.8, 4) is 0 Å². The van der Waals surface area contributed by atoms with E-state index < -0.39 is 0 Å². The first-order valence-corrected chi connectivity index (χ1v) is 7.32. The van der Waals surface area contributed by atoms with Crippen LogP contribution in [0.15, 0.2) is 115 Å². The lowest BCUT2D eigenvalue weighted by molar-refractivity contribution is 0.577. The summed E-state index contributed by atoms with van der Waals surface area (Å²) in [4.78, 5) is 6.02. The van der Waals surface area contributed by atoms with E-state index in [1.165, 1.54) is 0 Å². The fraction of sp³-hybridized carbons (Fsp3) is 0.0952. The van der Waals surface area contributed by atoms with Crippen LogP contribution in [0.2, 0.25) is 0 Å². The van der Waals surface area contributed by atoms with Crippen LogP contribution in [0, 0.1) is 0 Å². The zero-order valence-electron chi connectivity index (χ0n) is 14.2. The first kappa shape index (κ1) is 20.1. The van der Waals surface area contributed by atoms with Crippen molar-refractivity contribution in [3.63, 3.8) is 0 Å². The van der Waals surface area contributed by atoms with Gasteiger partial charge in [-0.1, -0.05) is 56.7 Å². The number of rotatable bonds is 10. The van der Waals surface area contributed by atoms with Crippen molar-refractivity contribution in [3.05, 3.63) is 110 Å². The lowest BCUT2D eigenvalue weighted by atomic mass is 10.2. The molecule has 0 aliphatic heterocycles. The molecule has 0 saturated carbocycles. The van der Waals surface area contributed by atoms with Crippen LogP contribution >= 0.6 is 0 Å². The molecule has 0 N–H and O–H groups in total. The quantitative estimate of drug-likeness (QED) is 0.383. The molecule has 0 aliphatic rings. The van der Waals surface area contributed by atoms with Crippen LogP contribution in [-0.4, -0.2) is 18.2 Å². The predicted octanol–water partition coefficient (Wildman–Crippen LogP) is 5.52. The molecular weight excluding hydrogens is 280 g/mol. The standard InChI is InChI=1S/C21H26N2/c1-7-12-16-21(15-9-3)23(19(10-4)14-8-2)20(11-5)17-13-18-22-6/h7-18H,1-4H2,5-6H3/b16-12-,17-13-,19-14+,20-11+,21-15+,22-18?. The van der Waals surface area contributed by atoms with Crippen LogP contribution in [0.4, 0.5) is 0 Å². The van der Waals surface area contributed by atoms with E-state index in [4.69, 9.17) is 0 Å². The van der Waals surface area contributed by atoms with Crippen LogP contribution in [-0.2, 0) is 0 Å². The number of aliphatic imine (C=N–C) groups is 1. The molecule has 0 rings (SSSR count). The molecule has 0 aliphatic carbocycles. The van der Waals surface area contributed by atoms with Gasteiger partial charge in [-0.25, -0.2) is 0 Å². The summed E-state index contributed by atoms with van der Waals surface area (Å²) in [5, 5.41) is 0. The van der Waals surface area contributed by atoms with E-state index in [2.05, 4.69) is 36.2 Å². The van der Waals surface area contributed by atoms with Crippen molar-refractivity contribution in [1.82, 2.24) is 4.90 Å². The first-order valence-electron chi connectivity index (χ1n) is 7.32. The Bertz CT molecular complexity index is 593. The van der Waals surface area contributed by atoms with Gasteiger partial charge in [0.2, 0.25) is 0 Å². The third kappa shape index (κ3) is 7.09. The lowest BCUT2D eigenvalue weighted by Crippen LogP contribution is -2.19. The average Bonchev–Trinajstić information content (AvgIpc) is 2.57. The van der Waals surface area contributed by atoms with Crippen LogP contribution in [0.5, 0.6) is 0 Å². The molecule has 0 fully saturated rings. The third-order valence-electron chi connectivity index (χ3n) is 2.76. The molecule has 0 saturated heterocycles.